The molecule has 2 aromatic heterocycles. The zero-order valence-electron chi connectivity index (χ0n) is 23.8. The molecule has 0 atom stereocenters. The predicted octanol–water partition coefficient (Wildman–Crippen LogP) is 5.47. The molecule has 224 valence electrons. The zero-order valence-corrected chi connectivity index (χ0v) is 23.8. The van der Waals surface area contributed by atoms with Crippen LogP contribution in [0.5, 0.6) is 5.75 Å². The summed E-state index contributed by atoms with van der Waals surface area (Å²) in [6, 6.07) is 10.3. The van der Waals surface area contributed by atoms with Gasteiger partial charge in [-0.1, -0.05) is 11.3 Å². The Morgan fingerprint density at radius 3 is 2.47 bits per heavy atom. The van der Waals surface area contributed by atoms with Gasteiger partial charge in [0, 0.05) is 36.4 Å². The summed E-state index contributed by atoms with van der Waals surface area (Å²) in [5, 5.41) is 13.6. The summed E-state index contributed by atoms with van der Waals surface area (Å²) in [6.07, 6.45) is 0.578. The Labute approximate surface area is 245 Å². The number of methoxy groups -OCH3 is 1. The van der Waals surface area contributed by atoms with Crippen LogP contribution in [0.4, 0.5) is 24.7 Å². The van der Waals surface area contributed by atoms with Crippen LogP contribution in [-0.4, -0.2) is 56.9 Å². The van der Waals surface area contributed by atoms with E-state index in [1.54, 1.807) is 42.7 Å². The van der Waals surface area contributed by atoms with Crippen LogP contribution >= 0.6 is 0 Å². The van der Waals surface area contributed by atoms with Crippen molar-refractivity contribution in [2.24, 2.45) is 0 Å². The molecule has 5 rings (SSSR count). The van der Waals surface area contributed by atoms with Gasteiger partial charge in [0.1, 0.15) is 17.3 Å². The molecule has 0 spiro atoms. The van der Waals surface area contributed by atoms with Gasteiger partial charge in [-0.15, -0.1) is 5.10 Å². The minimum Gasteiger partial charge on any atom is -0.494 e. The first-order valence-electron chi connectivity index (χ1n) is 13.6. The molecule has 4 aromatic rings. The minimum atomic E-state index is -4.60. The zero-order chi connectivity index (χ0) is 30.7. The number of aryl methyl sites for hydroxylation is 1. The first-order valence-corrected chi connectivity index (χ1v) is 13.6. The Morgan fingerprint density at radius 2 is 1.81 bits per heavy atom. The Bertz CT molecular complexity index is 1650. The molecule has 1 fully saturated rings. The summed E-state index contributed by atoms with van der Waals surface area (Å²) in [4.78, 5) is 30.9. The number of ether oxygens (including phenoxy) is 1. The van der Waals surface area contributed by atoms with E-state index >= 15 is 0 Å². The maximum absolute atomic E-state index is 13.8. The molecule has 0 radical (unpaired) electrons. The van der Waals surface area contributed by atoms with E-state index in [0.29, 0.717) is 28.3 Å². The van der Waals surface area contributed by atoms with Crippen LogP contribution in [0, 0.1) is 6.92 Å². The Balaban J connectivity index is 1.42. The van der Waals surface area contributed by atoms with E-state index < -0.39 is 17.6 Å². The number of amides is 2. The quantitative estimate of drug-likeness (QED) is 0.278. The number of carbonyl (C=O) groups is 2. The number of alkyl halides is 3. The number of pyridine rings is 1. The van der Waals surface area contributed by atoms with Crippen molar-refractivity contribution in [2.45, 2.75) is 39.4 Å². The SMILES string of the molecule is COc1c(CN2CCCC2)cc(C(F)(F)F)cc1NC(=O)c1ccc(C)c(-n2cc(-c3ccc(NC(C)=O)nc3)nn2)c1. The number of hydrogen-bond donors (Lipinski definition) is 2. The molecule has 3 heterocycles. The Kier molecular flexibility index (Phi) is 8.44. The largest absolute Gasteiger partial charge is 0.494 e. The van der Waals surface area contributed by atoms with Crippen LogP contribution in [0.1, 0.15) is 46.8 Å². The smallest absolute Gasteiger partial charge is 0.416 e. The van der Waals surface area contributed by atoms with Crippen molar-refractivity contribution in [2.75, 3.05) is 30.8 Å². The predicted molar refractivity (Wildman–Crippen MR) is 154 cm³/mol. The molecule has 0 unspecified atom stereocenters. The molecule has 43 heavy (non-hydrogen) atoms. The number of aromatic nitrogens is 4. The fraction of sp³-hybridized carbons (Fsp3) is 0.300. The van der Waals surface area contributed by atoms with Gasteiger partial charge in [0.2, 0.25) is 5.91 Å². The van der Waals surface area contributed by atoms with E-state index in [4.69, 9.17) is 4.74 Å². The molecule has 2 amide bonds. The number of benzene rings is 2. The fourth-order valence-corrected chi connectivity index (χ4v) is 4.99. The van der Waals surface area contributed by atoms with E-state index in [1.165, 1.54) is 18.7 Å². The van der Waals surface area contributed by atoms with Crippen molar-refractivity contribution in [1.82, 2.24) is 24.9 Å². The van der Waals surface area contributed by atoms with E-state index in [0.717, 1.165) is 43.6 Å². The van der Waals surface area contributed by atoms with Crippen molar-refractivity contribution in [3.8, 4) is 22.7 Å². The van der Waals surface area contributed by atoms with Gasteiger partial charge in [0.15, 0.2) is 0 Å². The monoisotopic (exact) mass is 593 g/mol. The molecular formula is C30H30F3N7O3. The highest BCUT2D eigenvalue weighted by molar-refractivity contribution is 6.05. The van der Waals surface area contributed by atoms with Crippen molar-refractivity contribution < 1.29 is 27.5 Å². The van der Waals surface area contributed by atoms with Gasteiger partial charge >= 0.3 is 6.18 Å². The summed E-state index contributed by atoms with van der Waals surface area (Å²) < 4.78 is 48.5. The van der Waals surface area contributed by atoms with Crippen molar-refractivity contribution >= 4 is 23.3 Å². The molecule has 0 aliphatic carbocycles. The molecule has 2 N–H and O–H groups in total. The molecule has 13 heteroatoms. The van der Waals surface area contributed by atoms with Crippen LogP contribution in [0.3, 0.4) is 0 Å². The minimum absolute atomic E-state index is 0.0584. The fourth-order valence-electron chi connectivity index (χ4n) is 4.99. The van der Waals surface area contributed by atoms with E-state index in [1.807, 2.05) is 6.92 Å². The Morgan fingerprint density at radius 1 is 1.05 bits per heavy atom. The van der Waals surface area contributed by atoms with Crippen LogP contribution in [0.25, 0.3) is 16.9 Å². The lowest BCUT2D eigenvalue weighted by atomic mass is 10.1. The third-order valence-corrected chi connectivity index (χ3v) is 7.11. The van der Waals surface area contributed by atoms with Gasteiger partial charge in [-0.25, -0.2) is 9.67 Å². The topological polar surface area (TPSA) is 114 Å². The van der Waals surface area contributed by atoms with Crippen LogP contribution < -0.4 is 15.4 Å². The number of rotatable bonds is 8. The number of nitrogens with one attached hydrogen (secondary N) is 2. The van der Waals surface area contributed by atoms with Crippen LogP contribution in [-0.2, 0) is 17.5 Å². The first-order chi connectivity index (χ1) is 20.5. The highest BCUT2D eigenvalue weighted by Crippen LogP contribution is 2.39. The number of nitrogens with zero attached hydrogens (tertiary/aromatic N) is 5. The average Bonchev–Trinajstić information content (AvgIpc) is 3.66. The second-order valence-corrected chi connectivity index (χ2v) is 10.3. The van der Waals surface area contributed by atoms with E-state index in [-0.39, 0.29) is 29.5 Å². The summed E-state index contributed by atoms with van der Waals surface area (Å²) >= 11 is 0. The Hall–Kier alpha value is -4.78. The van der Waals surface area contributed by atoms with Crippen molar-refractivity contribution in [1.29, 1.82) is 0 Å². The summed E-state index contributed by atoms with van der Waals surface area (Å²) in [6.45, 7) is 5.08. The number of hydrogen-bond acceptors (Lipinski definition) is 7. The van der Waals surface area contributed by atoms with Crippen LogP contribution in [0.15, 0.2) is 54.9 Å². The second kappa shape index (κ2) is 12.2. The number of carbonyl (C=O) groups excluding carboxylic acids is 2. The van der Waals surface area contributed by atoms with Gasteiger partial charge in [-0.2, -0.15) is 13.2 Å². The van der Waals surface area contributed by atoms with Gasteiger partial charge in [0.25, 0.3) is 5.91 Å². The summed E-state index contributed by atoms with van der Waals surface area (Å²) in [7, 11) is 1.38. The molecule has 1 aliphatic rings. The van der Waals surface area contributed by atoms with Gasteiger partial charge in [-0.3, -0.25) is 14.5 Å². The molecule has 0 bridgehead atoms. The van der Waals surface area contributed by atoms with Crippen LogP contribution in [0.2, 0.25) is 0 Å². The van der Waals surface area contributed by atoms with Crippen molar-refractivity contribution in [3.05, 3.63) is 77.1 Å². The summed E-state index contributed by atoms with van der Waals surface area (Å²) in [5.41, 5.74) is 2.16. The lowest BCUT2D eigenvalue weighted by Gasteiger charge is -2.21. The maximum Gasteiger partial charge on any atom is 0.416 e. The first kappa shape index (κ1) is 29.7. The number of anilines is 2. The van der Waals surface area contributed by atoms with Gasteiger partial charge in [0.05, 0.1) is 30.2 Å². The number of halogens is 3. The lowest BCUT2D eigenvalue weighted by molar-refractivity contribution is -0.137. The maximum atomic E-state index is 13.8. The molecular weight excluding hydrogens is 563 g/mol. The average molecular weight is 594 g/mol. The molecule has 2 aromatic carbocycles. The third-order valence-electron chi connectivity index (χ3n) is 7.11. The highest BCUT2D eigenvalue weighted by Gasteiger charge is 2.33. The third kappa shape index (κ3) is 6.83. The molecule has 1 saturated heterocycles. The molecule has 1 aliphatic heterocycles. The van der Waals surface area contributed by atoms with Gasteiger partial charge in [-0.05, 0) is 74.8 Å². The van der Waals surface area contributed by atoms with Crippen molar-refractivity contribution in [3.63, 3.8) is 0 Å². The number of likely N-dealkylation sites (tertiary alicyclic amines) is 1. The van der Waals surface area contributed by atoms with Gasteiger partial charge < -0.3 is 15.4 Å². The lowest BCUT2D eigenvalue weighted by Crippen LogP contribution is -2.21. The second-order valence-electron chi connectivity index (χ2n) is 10.3. The highest BCUT2D eigenvalue weighted by atomic mass is 19.4. The summed E-state index contributed by atoms with van der Waals surface area (Å²) in [5.74, 6) is -0.248. The van der Waals surface area contributed by atoms with E-state index in [2.05, 4.69) is 30.8 Å². The van der Waals surface area contributed by atoms with E-state index in [9.17, 15) is 22.8 Å². The normalized spacial score (nSPS) is 13.6. The molecule has 10 nitrogen and oxygen atoms in total. The molecule has 0 saturated carbocycles. The standard InChI is InChI=1S/C30H30F3N7O3/c1-18-6-7-20(13-26(18)40-17-25(37-38-40)21-8-9-27(34-15-21)35-19(2)41)29(42)36-24-14-23(30(31,32)33)12-22(28(24)43-3)16-39-10-4-5-11-39/h6-9,12-15,17H,4-5,10-11,16H2,1-3H3,(H,36,42)(H,34,35,41).